The molecule has 0 radical (unpaired) electrons. The number of amides is 1. The number of hydrogen-bond donors (Lipinski definition) is 1. The number of halogens is 1. The maximum Gasteiger partial charge on any atom is 0.273 e. The lowest BCUT2D eigenvalue weighted by molar-refractivity contribution is -0.385. The highest BCUT2D eigenvalue weighted by Gasteiger charge is 2.31. The lowest BCUT2D eigenvalue weighted by atomic mass is 10.1. The highest BCUT2D eigenvalue weighted by atomic mass is 32.2. The number of benzene rings is 2. The highest BCUT2D eigenvalue weighted by molar-refractivity contribution is 7.89. The second kappa shape index (κ2) is 8.26. The summed E-state index contributed by atoms with van der Waals surface area (Å²) < 4.78 is 39.9. The number of nitrogens with one attached hydrogen (secondary N) is 1. The van der Waals surface area contributed by atoms with Crippen LogP contribution in [0.5, 0.6) is 0 Å². The van der Waals surface area contributed by atoms with Crippen LogP contribution in [0.25, 0.3) is 0 Å². The molecule has 0 unspecified atom stereocenters. The first-order valence-corrected chi connectivity index (χ1v) is 10.4. The summed E-state index contributed by atoms with van der Waals surface area (Å²) in [6, 6.07) is 8.80. The monoisotopic (exact) mass is 421 g/mol. The van der Waals surface area contributed by atoms with Crippen molar-refractivity contribution in [2.24, 2.45) is 0 Å². The van der Waals surface area contributed by atoms with Crippen LogP contribution in [-0.4, -0.2) is 42.7 Å². The standard InChI is InChI=1S/C19H20FN3O5S/c1-13-2-7-17(12-18(13)23(25)26)29(27,28)22-10-8-16(9-11-22)21-19(24)14-3-5-15(20)6-4-14/h2-7,12,16H,8-11H2,1H3,(H,21,24). The molecule has 1 fully saturated rings. The van der Waals surface area contributed by atoms with E-state index in [0.717, 1.165) is 6.07 Å². The van der Waals surface area contributed by atoms with Crippen molar-refractivity contribution >= 4 is 21.6 Å². The molecule has 0 spiro atoms. The third-order valence-corrected chi connectivity index (χ3v) is 6.81. The van der Waals surface area contributed by atoms with E-state index in [-0.39, 0.29) is 35.6 Å². The number of hydrogen-bond acceptors (Lipinski definition) is 5. The average molecular weight is 421 g/mol. The van der Waals surface area contributed by atoms with Crippen LogP contribution in [0, 0.1) is 22.9 Å². The van der Waals surface area contributed by atoms with Crippen LogP contribution in [-0.2, 0) is 10.0 Å². The van der Waals surface area contributed by atoms with Crippen LogP contribution in [0.4, 0.5) is 10.1 Å². The SMILES string of the molecule is Cc1ccc(S(=O)(=O)N2CCC(NC(=O)c3ccc(F)cc3)CC2)cc1[N+](=O)[O-]. The lowest BCUT2D eigenvalue weighted by Crippen LogP contribution is -2.46. The van der Waals surface area contributed by atoms with Crippen molar-refractivity contribution in [3.63, 3.8) is 0 Å². The predicted octanol–water partition coefficient (Wildman–Crippen LogP) is 2.63. The molecule has 0 aliphatic carbocycles. The van der Waals surface area contributed by atoms with Gasteiger partial charge in [-0.3, -0.25) is 14.9 Å². The Kier molecular flexibility index (Phi) is 5.94. The summed E-state index contributed by atoms with van der Waals surface area (Å²) in [6.07, 6.45) is 0.806. The first-order chi connectivity index (χ1) is 13.7. The van der Waals surface area contributed by atoms with Gasteiger partial charge in [0.15, 0.2) is 0 Å². The minimum atomic E-state index is -3.87. The van der Waals surface area contributed by atoms with E-state index in [9.17, 15) is 27.7 Å². The Labute approximate surface area is 167 Å². The molecule has 0 aromatic heterocycles. The molecule has 0 saturated carbocycles. The van der Waals surface area contributed by atoms with Gasteiger partial charge in [0.05, 0.1) is 9.82 Å². The van der Waals surface area contributed by atoms with Crippen LogP contribution in [0.15, 0.2) is 47.4 Å². The van der Waals surface area contributed by atoms with Gasteiger partial charge in [0, 0.05) is 36.3 Å². The number of carbonyl (C=O) groups excluding carboxylic acids is 1. The van der Waals surface area contributed by atoms with E-state index in [4.69, 9.17) is 0 Å². The van der Waals surface area contributed by atoms with Crippen molar-refractivity contribution in [1.82, 2.24) is 9.62 Å². The molecule has 1 N–H and O–H groups in total. The number of nitro benzene ring substituents is 1. The van der Waals surface area contributed by atoms with E-state index < -0.39 is 20.8 Å². The molecule has 1 saturated heterocycles. The van der Waals surface area contributed by atoms with Gasteiger partial charge in [0.25, 0.3) is 11.6 Å². The normalized spacial score (nSPS) is 15.8. The number of rotatable bonds is 5. The fourth-order valence-electron chi connectivity index (χ4n) is 3.21. The Morgan fingerprint density at radius 3 is 2.38 bits per heavy atom. The summed E-state index contributed by atoms with van der Waals surface area (Å²) in [5, 5.41) is 13.9. The number of carbonyl (C=O) groups is 1. The summed E-state index contributed by atoms with van der Waals surface area (Å²) in [4.78, 5) is 22.6. The second-order valence-electron chi connectivity index (χ2n) is 6.86. The van der Waals surface area contributed by atoms with Crippen molar-refractivity contribution in [2.75, 3.05) is 13.1 Å². The van der Waals surface area contributed by atoms with Gasteiger partial charge in [-0.05, 0) is 50.1 Å². The van der Waals surface area contributed by atoms with Gasteiger partial charge in [-0.25, -0.2) is 12.8 Å². The molecule has 2 aromatic carbocycles. The maximum absolute atomic E-state index is 13.0. The van der Waals surface area contributed by atoms with E-state index in [1.165, 1.54) is 40.7 Å². The zero-order valence-electron chi connectivity index (χ0n) is 15.7. The van der Waals surface area contributed by atoms with Gasteiger partial charge in [0.1, 0.15) is 5.82 Å². The first kappa shape index (κ1) is 20.9. The third-order valence-electron chi connectivity index (χ3n) is 4.91. The number of aryl methyl sites for hydroxylation is 1. The third kappa shape index (κ3) is 4.60. The summed E-state index contributed by atoms with van der Waals surface area (Å²) in [7, 11) is -3.87. The van der Waals surface area contributed by atoms with E-state index in [1.807, 2.05) is 0 Å². The van der Waals surface area contributed by atoms with Gasteiger partial charge in [-0.1, -0.05) is 6.07 Å². The van der Waals surface area contributed by atoms with Crippen LogP contribution in [0.3, 0.4) is 0 Å². The Balaban J connectivity index is 1.65. The minimum Gasteiger partial charge on any atom is -0.349 e. The first-order valence-electron chi connectivity index (χ1n) is 9.00. The zero-order chi connectivity index (χ0) is 21.2. The molecule has 1 aliphatic rings. The Bertz CT molecular complexity index is 1030. The fourth-order valence-corrected chi connectivity index (χ4v) is 4.70. The molecule has 8 nitrogen and oxygen atoms in total. The van der Waals surface area contributed by atoms with Crippen molar-refractivity contribution in [1.29, 1.82) is 0 Å². The zero-order valence-corrected chi connectivity index (χ0v) is 16.5. The number of sulfonamides is 1. The number of nitrogens with zero attached hydrogens (tertiary/aromatic N) is 2. The molecule has 10 heteroatoms. The van der Waals surface area contributed by atoms with Gasteiger partial charge < -0.3 is 5.32 Å². The van der Waals surface area contributed by atoms with E-state index in [2.05, 4.69) is 5.32 Å². The van der Waals surface area contributed by atoms with Gasteiger partial charge in [0.2, 0.25) is 10.0 Å². The Morgan fingerprint density at radius 2 is 1.79 bits per heavy atom. The quantitative estimate of drug-likeness (QED) is 0.590. The lowest BCUT2D eigenvalue weighted by Gasteiger charge is -2.31. The summed E-state index contributed by atoms with van der Waals surface area (Å²) in [6.45, 7) is 1.90. The van der Waals surface area contributed by atoms with Crippen molar-refractivity contribution < 1.29 is 22.5 Å². The molecule has 2 aromatic rings. The smallest absolute Gasteiger partial charge is 0.273 e. The molecular formula is C19H20FN3O5S. The van der Waals surface area contributed by atoms with Crippen LogP contribution < -0.4 is 5.32 Å². The highest BCUT2D eigenvalue weighted by Crippen LogP contribution is 2.26. The summed E-state index contributed by atoms with van der Waals surface area (Å²) >= 11 is 0. The van der Waals surface area contributed by atoms with Crippen molar-refractivity contribution in [3.05, 3.63) is 69.5 Å². The molecule has 1 aliphatic heterocycles. The molecular weight excluding hydrogens is 401 g/mol. The number of nitro groups is 1. The molecule has 0 bridgehead atoms. The Morgan fingerprint density at radius 1 is 1.17 bits per heavy atom. The van der Waals surface area contributed by atoms with Gasteiger partial charge >= 0.3 is 0 Å². The molecule has 1 amide bonds. The van der Waals surface area contributed by atoms with Gasteiger partial charge in [-0.15, -0.1) is 0 Å². The molecule has 0 atom stereocenters. The second-order valence-corrected chi connectivity index (χ2v) is 8.80. The van der Waals surface area contributed by atoms with Crippen LogP contribution >= 0.6 is 0 Å². The van der Waals surface area contributed by atoms with Gasteiger partial charge in [-0.2, -0.15) is 4.31 Å². The van der Waals surface area contributed by atoms with Crippen LogP contribution in [0.2, 0.25) is 0 Å². The van der Waals surface area contributed by atoms with E-state index in [1.54, 1.807) is 6.92 Å². The van der Waals surface area contributed by atoms with Crippen molar-refractivity contribution in [3.8, 4) is 0 Å². The number of piperidine rings is 1. The molecule has 29 heavy (non-hydrogen) atoms. The predicted molar refractivity (Wildman–Crippen MR) is 103 cm³/mol. The average Bonchev–Trinajstić information content (AvgIpc) is 2.69. The van der Waals surface area contributed by atoms with E-state index >= 15 is 0 Å². The summed E-state index contributed by atoms with van der Waals surface area (Å²) in [5.74, 6) is -0.781. The minimum absolute atomic E-state index is 0.122. The van der Waals surface area contributed by atoms with Crippen LogP contribution in [0.1, 0.15) is 28.8 Å². The topological polar surface area (TPSA) is 110 Å². The fraction of sp³-hybridized carbons (Fsp3) is 0.316. The Hall–Kier alpha value is -2.85. The molecule has 1 heterocycles. The largest absolute Gasteiger partial charge is 0.349 e. The molecule has 154 valence electrons. The summed E-state index contributed by atoms with van der Waals surface area (Å²) in [5.41, 5.74) is 0.470. The van der Waals surface area contributed by atoms with E-state index in [0.29, 0.717) is 24.0 Å². The molecule has 3 rings (SSSR count). The van der Waals surface area contributed by atoms with Crippen molar-refractivity contribution in [2.45, 2.75) is 30.7 Å². The maximum atomic E-state index is 13.0.